The molecule has 1 aromatic carbocycles. The van der Waals surface area contributed by atoms with Gasteiger partial charge in [-0.15, -0.1) is 0 Å². The molecule has 0 saturated heterocycles. The van der Waals surface area contributed by atoms with Gasteiger partial charge in [-0.3, -0.25) is 10.4 Å². The van der Waals surface area contributed by atoms with E-state index in [2.05, 4.69) is 20.8 Å². The number of anilines is 1. The van der Waals surface area contributed by atoms with E-state index in [1.54, 1.807) is 13.1 Å². The fourth-order valence-corrected chi connectivity index (χ4v) is 1.81. The summed E-state index contributed by atoms with van der Waals surface area (Å²) >= 11 is 5.03. The van der Waals surface area contributed by atoms with Gasteiger partial charge >= 0.3 is 6.09 Å². The molecule has 0 atom stereocenters. The van der Waals surface area contributed by atoms with E-state index in [0.29, 0.717) is 5.82 Å². The van der Waals surface area contributed by atoms with Crippen LogP contribution in [0.3, 0.4) is 0 Å². The number of benzene rings is 1. The second-order valence-electron chi connectivity index (χ2n) is 3.82. The second-order valence-corrected chi connectivity index (χ2v) is 4.23. The van der Waals surface area contributed by atoms with Gasteiger partial charge in [0.1, 0.15) is 5.82 Å². The Hall–Kier alpha value is -2.41. The van der Waals surface area contributed by atoms with Crippen molar-refractivity contribution < 1.29 is 9.53 Å². The molecular weight excluding hydrogens is 276 g/mol. The van der Waals surface area contributed by atoms with Gasteiger partial charge in [0.25, 0.3) is 0 Å². The van der Waals surface area contributed by atoms with Crippen LogP contribution in [-0.4, -0.2) is 28.0 Å². The molecule has 0 fully saturated rings. The van der Waals surface area contributed by atoms with Crippen LogP contribution in [0.1, 0.15) is 6.92 Å². The molecular formula is C13H14N4O2S. The molecule has 0 bridgehead atoms. The molecule has 1 amide bonds. The van der Waals surface area contributed by atoms with Gasteiger partial charge in [-0.2, -0.15) is 5.10 Å². The van der Waals surface area contributed by atoms with E-state index in [0.717, 1.165) is 11.1 Å². The number of carbonyl (C=O) groups is 1. The summed E-state index contributed by atoms with van der Waals surface area (Å²) in [6, 6.07) is 9.71. The third-order valence-electron chi connectivity index (χ3n) is 2.45. The zero-order chi connectivity index (χ0) is 14.4. The van der Waals surface area contributed by atoms with Crippen molar-refractivity contribution in [2.75, 3.05) is 11.9 Å². The van der Waals surface area contributed by atoms with Crippen molar-refractivity contribution in [3.05, 3.63) is 36.5 Å². The lowest BCUT2D eigenvalue weighted by Crippen LogP contribution is -2.34. The normalized spacial score (nSPS) is 9.85. The molecule has 6 nitrogen and oxygen atoms in total. The molecule has 2 aromatic rings. The van der Waals surface area contributed by atoms with Crippen molar-refractivity contribution in [2.45, 2.75) is 6.92 Å². The minimum atomic E-state index is -0.592. The molecule has 0 unspecified atom stereocenters. The highest BCUT2D eigenvalue weighted by molar-refractivity contribution is 7.80. The van der Waals surface area contributed by atoms with E-state index < -0.39 is 6.09 Å². The zero-order valence-corrected chi connectivity index (χ0v) is 11.7. The van der Waals surface area contributed by atoms with Gasteiger partial charge in [-0.05, 0) is 24.7 Å². The van der Waals surface area contributed by atoms with Gasteiger partial charge < -0.3 is 10.1 Å². The number of hydrogen-bond donors (Lipinski definition) is 3. The quantitative estimate of drug-likeness (QED) is 0.757. The molecule has 20 heavy (non-hydrogen) atoms. The SMILES string of the molecule is CCOC(=O)NC(=S)Nc1[nH]ncc1-c1ccccc1. The number of carbonyl (C=O) groups excluding carboxylic acids is 1. The number of H-pyrrole nitrogens is 1. The van der Waals surface area contributed by atoms with Gasteiger partial charge in [0.2, 0.25) is 0 Å². The van der Waals surface area contributed by atoms with Crippen molar-refractivity contribution in [2.24, 2.45) is 0 Å². The zero-order valence-electron chi connectivity index (χ0n) is 10.8. The lowest BCUT2D eigenvalue weighted by Gasteiger charge is -2.09. The minimum Gasteiger partial charge on any atom is -0.450 e. The Balaban J connectivity index is 2.06. The lowest BCUT2D eigenvalue weighted by molar-refractivity contribution is 0.158. The molecule has 0 radical (unpaired) electrons. The fourth-order valence-electron chi connectivity index (χ4n) is 1.62. The number of nitrogens with one attached hydrogen (secondary N) is 3. The second kappa shape index (κ2) is 6.67. The number of rotatable bonds is 3. The molecule has 0 saturated carbocycles. The molecule has 2 rings (SSSR count). The summed E-state index contributed by atoms with van der Waals surface area (Å²) in [6.45, 7) is 2.01. The Kier molecular flexibility index (Phi) is 4.67. The third kappa shape index (κ3) is 3.55. The Morgan fingerprint density at radius 3 is 2.85 bits per heavy atom. The molecule has 3 N–H and O–H groups in total. The summed E-state index contributed by atoms with van der Waals surface area (Å²) in [5.41, 5.74) is 1.85. The smallest absolute Gasteiger partial charge is 0.413 e. The average molecular weight is 290 g/mol. The maximum atomic E-state index is 11.3. The number of nitrogens with zero attached hydrogens (tertiary/aromatic N) is 1. The van der Waals surface area contributed by atoms with Crippen LogP contribution < -0.4 is 10.6 Å². The standard InChI is InChI=1S/C13H14N4O2S/c1-2-19-13(18)16-12(20)15-11-10(8-14-17-11)9-6-4-3-5-7-9/h3-8H,2H2,1H3,(H3,14,15,16,17,18,20). The van der Waals surface area contributed by atoms with Crippen LogP contribution in [0, 0.1) is 0 Å². The van der Waals surface area contributed by atoms with Crippen molar-refractivity contribution in [1.29, 1.82) is 0 Å². The van der Waals surface area contributed by atoms with Gasteiger partial charge in [0, 0.05) is 5.56 Å². The molecule has 0 aliphatic rings. The number of aromatic amines is 1. The number of alkyl carbamates (subject to hydrolysis) is 1. The van der Waals surface area contributed by atoms with Gasteiger partial charge in [0.15, 0.2) is 5.11 Å². The van der Waals surface area contributed by atoms with Crippen LogP contribution in [0.2, 0.25) is 0 Å². The van der Waals surface area contributed by atoms with Crippen LogP contribution >= 0.6 is 12.2 Å². The Morgan fingerprint density at radius 2 is 2.15 bits per heavy atom. The van der Waals surface area contributed by atoms with Crippen LogP contribution in [0.4, 0.5) is 10.6 Å². The van der Waals surface area contributed by atoms with Crippen LogP contribution in [-0.2, 0) is 4.74 Å². The molecule has 1 heterocycles. The highest BCUT2D eigenvalue weighted by Gasteiger charge is 2.10. The first-order valence-electron chi connectivity index (χ1n) is 6.04. The largest absolute Gasteiger partial charge is 0.450 e. The van der Waals surface area contributed by atoms with E-state index in [9.17, 15) is 4.79 Å². The van der Waals surface area contributed by atoms with Crippen molar-refractivity contribution in [3.8, 4) is 11.1 Å². The number of aromatic nitrogens is 2. The van der Waals surface area contributed by atoms with Crippen molar-refractivity contribution >= 4 is 29.2 Å². The van der Waals surface area contributed by atoms with Crippen molar-refractivity contribution in [3.63, 3.8) is 0 Å². The summed E-state index contributed by atoms with van der Waals surface area (Å²) < 4.78 is 4.74. The van der Waals surface area contributed by atoms with Crippen LogP contribution in [0.25, 0.3) is 11.1 Å². The molecule has 0 aliphatic carbocycles. The molecule has 1 aromatic heterocycles. The number of thiocarbonyl (C=S) groups is 1. The number of ether oxygens (including phenoxy) is 1. The first-order valence-corrected chi connectivity index (χ1v) is 6.45. The summed E-state index contributed by atoms with van der Waals surface area (Å²) in [6.07, 6.45) is 1.09. The Bertz CT molecular complexity index is 597. The van der Waals surface area contributed by atoms with E-state index >= 15 is 0 Å². The monoisotopic (exact) mass is 290 g/mol. The highest BCUT2D eigenvalue weighted by atomic mass is 32.1. The van der Waals surface area contributed by atoms with E-state index in [4.69, 9.17) is 17.0 Å². The van der Waals surface area contributed by atoms with Crippen LogP contribution in [0.15, 0.2) is 36.5 Å². The topological polar surface area (TPSA) is 79.0 Å². The van der Waals surface area contributed by atoms with E-state index in [1.165, 1.54) is 0 Å². The van der Waals surface area contributed by atoms with Crippen LogP contribution in [0.5, 0.6) is 0 Å². The average Bonchev–Trinajstić information content (AvgIpc) is 2.87. The summed E-state index contributed by atoms with van der Waals surface area (Å²) in [5, 5.41) is 12.2. The summed E-state index contributed by atoms with van der Waals surface area (Å²) in [4.78, 5) is 11.3. The Morgan fingerprint density at radius 1 is 1.40 bits per heavy atom. The number of hydrogen-bond acceptors (Lipinski definition) is 4. The van der Waals surface area contributed by atoms with Gasteiger partial charge in [0.05, 0.1) is 12.8 Å². The minimum absolute atomic E-state index is 0.143. The first-order chi connectivity index (χ1) is 9.70. The summed E-state index contributed by atoms with van der Waals surface area (Å²) in [5.74, 6) is 0.609. The maximum Gasteiger partial charge on any atom is 0.413 e. The lowest BCUT2D eigenvalue weighted by atomic mass is 10.1. The maximum absolute atomic E-state index is 11.3. The molecule has 104 valence electrons. The van der Waals surface area contributed by atoms with Gasteiger partial charge in [-0.25, -0.2) is 4.79 Å². The summed E-state index contributed by atoms with van der Waals surface area (Å²) in [7, 11) is 0. The third-order valence-corrected chi connectivity index (χ3v) is 2.66. The fraction of sp³-hybridized carbons (Fsp3) is 0.154. The predicted molar refractivity (Wildman–Crippen MR) is 80.4 cm³/mol. The highest BCUT2D eigenvalue weighted by Crippen LogP contribution is 2.25. The molecule has 0 spiro atoms. The van der Waals surface area contributed by atoms with Gasteiger partial charge in [-0.1, -0.05) is 30.3 Å². The molecule has 0 aliphatic heterocycles. The number of amides is 1. The van der Waals surface area contributed by atoms with Crippen molar-refractivity contribution in [1.82, 2.24) is 15.5 Å². The predicted octanol–water partition coefficient (Wildman–Crippen LogP) is 2.52. The van der Waals surface area contributed by atoms with E-state index in [-0.39, 0.29) is 11.7 Å². The first kappa shape index (κ1) is 14.0. The Labute approximate surface area is 121 Å². The molecule has 7 heteroatoms. The van der Waals surface area contributed by atoms with E-state index in [1.807, 2.05) is 30.3 Å².